The maximum atomic E-state index is 14.1. The Bertz CT molecular complexity index is 530. The fourth-order valence-electron chi connectivity index (χ4n) is 3.49. The van der Waals surface area contributed by atoms with Gasteiger partial charge in [0.2, 0.25) is 0 Å². The minimum Gasteiger partial charge on any atom is -0.497 e. The molecule has 2 saturated heterocycles. The molecule has 0 amide bonds. The van der Waals surface area contributed by atoms with Crippen molar-refractivity contribution in [3.8, 4) is 5.75 Å². The zero-order valence-corrected chi connectivity index (χ0v) is 12.3. The number of ether oxygens (including phenoxy) is 1. The summed E-state index contributed by atoms with van der Waals surface area (Å²) in [6.07, 6.45) is 3.52. The number of hydrogen-bond donors (Lipinski definition) is 1. The highest BCUT2D eigenvalue weighted by Gasteiger charge is 2.47. The second kappa shape index (κ2) is 5.11. The van der Waals surface area contributed by atoms with Gasteiger partial charge in [-0.25, -0.2) is 4.39 Å². The Kier molecular flexibility index (Phi) is 3.58. The van der Waals surface area contributed by atoms with Gasteiger partial charge in [-0.05, 0) is 43.9 Å². The van der Waals surface area contributed by atoms with Crippen LogP contribution in [0.2, 0.25) is 0 Å². The van der Waals surface area contributed by atoms with Crippen LogP contribution in [-0.4, -0.2) is 26.9 Å². The molecule has 1 aromatic carbocycles. The second-order valence-electron chi connectivity index (χ2n) is 5.79. The summed E-state index contributed by atoms with van der Waals surface area (Å²) in [5, 5.41) is 10.9. The first kappa shape index (κ1) is 14.0. The Morgan fingerprint density at radius 1 is 1.35 bits per heavy atom. The summed E-state index contributed by atoms with van der Waals surface area (Å²) in [5.74, 6) is 0.116. The average Bonchev–Trinajstić information content (AvgIpc) is 2.41. The lowest BCUT2D eigenvalue weighted by atomic mass is 9.80. The molecule has 110 valence electrons. The smallest absolute Gasteiger partial charge is 0.129 e. The van der Waals surface area contributed by atoms with E-state index in [0.717, 1.165) is 19.3 Å². The summed E-state index contributed by atoms with van der Waals surface area (Å²) in [7, 11) is 0.636. The molecular weight excluding hydrogens is 279 g/mol. The number of aliphatic hydroxyl groups is 1. The molecule has 2 bridgehead atoms. The Balaban J connectivity index is 1.98. The van der Waals surface area contributed by atoms with E-state index in [2.05, 4.69) is 0 Å². The molecule has 2 unspecified atom stereocenters. The monoisotopic (exact) mass is 298 g/mol. The van der Waals surface area contributed by atoms with Crippen LogP contribution in [0.25, 0.3) is 0 Å². The van der Waals surface area contributed by atoms with E-state index in [4.69, 9.17) is 4.74 Å². The first-order chi connectivity index (χ1) is 9.53. The molecule has 20 heavy (non-hydrogen) atoms. The molecule has 2 heterocycles. The fraction of sp³-hybridized carbons (Fsp3) is 0.600. The molecule has 3 nitrogen and oxygen atoms in total. The Hall–Kier alpha value is -0.940. The summed E-state index contributed by atoms with van der Waals surface area (Å²) >= 11 is 0. The van der Waals surface area contributed by atoms with Crippen molar-refractivity contribution in [2.75, 3.05) is 7.11 Å². The van der Waals surface area contributed by atoms with Crippen LogP contribution >= 0.6 is 0 Å². The predicted octanol–water partition coefficient (Wildman–Crippen LogP) is 2.49. The van der Waals surface area contributed by atoms with Gasteiger partial charge < -0.3 is 9.84 Å². The van der Waals surface area contributed by atoms with Crippen molar-refractivity contribution in [3.05, 3.63) is 29.6 Å². The van der Waals surface area contributed by atoms with E-state index in [1.54, 1.807) is 12.1 Å². The molecule has 0 saturated carbocycles. The highest BCUT2D eigenvalue weighted by Crippen LogP contribution is 2.45. The van der Waals surface area contributed by atoms with Gasteiger partial charge in [0.05, 0.1) is 12.7 Å². The summed E-state index contributed by atoms with van der Waals surface area (Å²) in [4.78, 5) is 0. The van der Waals surface area contributed by atoms with E-state index in [1.807, 2.05) is 0 Å². The van der Waals surface area contributed by atoms with E-state index in [-0.39, 0.29) is 16.1 Å². The van der Waals surface area contributed by atoms with Crippen molar-refractivity contribution in [1.29, 1.82) is 0 Å². The molecule has 3 rings (SSSR count). The van der Waals surface area contributed by atoms with Gasteiger partial charge in [-0.2, -0.15) is 0 Å². The molecule has 0 aliphatic carbocycles. The third-order valence-electron chi connectivity index (χ3n) is 4.51. The lowest BCUT2D eigenvalue weighted by molar-refractivity contribution is 0.00318. The molecule has 2 fully saturated rings. The molecule has 2 aliphatic rings. The van der Waals surface area contributed by atoms with E-state index in [0.29, 0.717) is 18.6 Å². The van der Waals surface area contributed by atoms with Gasteiger partial charge in [-0.1, -0.05) is 6.42 Å². The number of fused-ring (bicyclic) bond motifs is 2. The summed E-state index contributed by atoms with van der Waals surface area (Å²) in [6.45, 7) is 0. The number of benzene rings is 1. The van der Waals surface area contributed by atoms with Crippen LogP contribution in [0.15, 0.2) is 18.2 Å². The normalized spacial score (nSPS) is 36.6. The number of rotatable bonds is 2. The van der Waals surface area contributed by atoms with Crippen LogP contribution in [0.5, 0.6) is 5.75 Å². The molecule has 0 spiro atoms. The third kappa shape index (κ3) is 2.27. The highest BCUT2D eigenvalue weighted by atomic mass is 32.2. The Morgan fingerprint density at radius 3 is 2.60 bits per heavy atom. The molecule has 0 radical (unpaired) electrons. The first-order valence-electron chi connectivity index (χ1n) is 6.99. The minimum atomic E-state index is -1.22. The molecule has 1 N–H and O–H groups in total. The predicted molar refractivity (Wildman–Crippen MR) is 75.7 cm³/mol. The van der Waals surface area contributed by atoms with Gasteiger partial charge in [-0.15, -0.1) is 0 Å². The van der Waals surface area contributed by atoms with Gasteiger partial charge >= 0.3 is 0 Å². The van der Waals surface area contributed by atoms with Crippen molar-refractivity contribution in [2.24, 2.45) is 0 Å². The van der Waals surface area contributed by atoms with Crippen molar-refractivity contribution in [3.63, 3.8) is 0 Å². The summed E-state index contributed by atoms with van der Waals surface area (Å²) in [5.41, 5.74) is -0.937. The quantitative estimate of drug-likeness (QED) is 0.912. The number of hydrogen-bond acceptors (Lipinski definition) is 3. The topological polar surface area (TPSA) is 46.5 Å². The van der Waals surface area contributed by atoms with Crippen LogP contribution in [0.4, 0.5) is 4.39 Å². The molecular formula is C15H19FO3S. The van der Waals surface area contributed by atoms with Gasteiger partial charge in [0.25, 0.3) is 0 Å². The first-order valence-corrected chi connectivity index (χ1v) is 8.27. The summed E-state index contributed by atoms with van der Waals surface area (Å²) < 4.78 is 31.5. The fourth-order valence-corrected chi connectivity index (χ4v) is 5.71. The number of methoxy groups -OCH3 is 1. The Morgan fingerprint density at radius 2 is 2.00 bits per heavy atom. The van der Waals surface area contributed by atoms with Crippen LogP contribution in [0, 0.1) is 5.82 Å². The van der Waals surface area contributed by atoms with Crippen molar-refractivity contribution >= 4 is 10.8 Å². The van der Waals surface area contributed by atoms with Crippen molar-refractivity contribution in [2.45, 2.75) is 48.2 Å². The molecule has 0 aromatic heterocycles. The van der Waals surface area contributed by atoms with Crippen LogP contribution < -0.4 is 4.74 Å². The Labute approximate surface area is 120 Å². The largest absolute Gasteiger partial charge is 0.497 e. The zero-order chi connectivity index (χ0) is 14.3. The lowest BCUT2D eigenvalue weighted by Gasteiger charge is -2.43. The summed E-state index contributed by atoms with van der Waals surface area (Å²) in [6, 6.07) is 4.44. The van der Waals surface area contributed by atoms with Crippen LogP contribution in [0.1, 0.15) is 37.7 Å². The van der Waals surface area contributed by atoms with Gasteiger partial charge in [-0.3, -0.25) is 4.21 Å². The van der Waals surface area contributed by atoms with Crippen LogP contribution in [0.3, 0.4) is 0 Å². The standard InChI is InChI=1S/C15H19FO3S/c1-19-10-5-6-14(16)13(7-10)15(17)8-11-3-2-4-12(9-15)20(11)18/h5-7,11-12,17H,2-4,8-9H2,1H3. The second-order valence-corrected chi connectivity index (χ2v) is 7.78. The zero-order valence-electron chi connectivity index (χ0n) is 11.5. The molecule has 2 atom stereocenters. The van der Waals surface area contributed by atoms with E-state index in [1.165, 1.54) is 13.2 Å². The van der Waals surface area contributed by atoms with Gasteiger partial charge in [0.15, 0.2) is 0 Å². The molecule has 5 heteroatoms. The maximum Gasteiger partial charge on any atom is 0.129 e. The highest BCUT2D eigenvalue weighted by molar-refractivity contribution is 7.86. The molecule has 1 aromatic rings. The minimum absolute atomic E-state index is 0.0156. The average molecular weight is 298 g/mol. The van der Waals surface area contributed by atoms with Gasteiger partial charge in [0, 0.05) is 26.9 Å². The van der Waals surface area contributed by atoms with Crippen molar-refractivity contribution in [1.82, 2.24) is 0 Å². The van der Waals surface area contributed by atoms with E-state index < -0.39 is 22.2 Å². The third-order valence-corrected chi connectivity index (χ3v) is 6.63. The maximum absolute atomic E-state index is 14.1. The van der Waals surface area contributed by atoms with Gasteiger partial charge in [0.1, 0.15) is 11.6 Å². The van der Waals surface area contributed by atoms with Crippen LogP contribution in [-0.2, 0) is 16.4 Å². The molecule has 2 aliphatic heterocycles. The SMILES string of the molecule is COc1ccc(F)c(C2(O)CC3CCCC(C2)S3=O)c1. The van der Waals surface area contributed by atoms with E-state index >= 15 is 0 Å². The van der Waals surface area contributed by atoms with Crippen molar-refractivity contribution < 1.29 is 18.4 Å². The van der Waals surface area contributed by atoms with E-state index in [9.17, 15) is 13.7 Å². The lowest BCUT2D eigenvalue weighted by Crippen LogP contribution is -2.47. The number of halogens is 1.